The van der Waals surface area contributed by atoms with Crippen molar-refractivity contribution < 1.29 is 9.49 Å². The molecule has 0 radical (unpaired) electrons. The SMILES string of the molecule is C=CCNC(=S)N[NH+]=Cc1c(F)cccc1Cl. The molecule has 1 aromatic rings. The van der Waals surface area contributed by atoms with Gasteiger partial charge in [0.05, 0.1) is 10.6 Å². The molecule has 0 aromatic heterocycles. The summed E-state index contributed by atoms with van der Waals surface area (Å²) in [6.07, 6.45) is 3.07. The van der Waals surface area contributed by atoms with Gasteiger partial charge in [-0.05, 0) is 24.4 Å². The van der Waals surface area contributed by atoms with Gasteiger partial charge in [0.15, 0.2) is 0 Å². The molecule has 17 heavy (non-hydrogen) atoms. The Labute approximate surface area is 109 Å². The van der Waals surface area contributed by atoms with Gasteiger partial charge in [-0.25, -0.2) is 4.39 Å². The minimum absolute atomic E-state index is 0.271. The Hall–Kier alpha value is -1.46. The fraction of sp³-hybridized carbons (Fsp3) is 0.0909. The van der Waals surface area contributed by atoms with Crippen molar-refractivity contribution >= 4 is 35.1 Å². The molecule has 0 bridgehead atoms. The van der Waals surface area contributed by atoms with Crippen LogP contribution in [0, 0.1) is 5.82 Å². The summed E-state index contributed by atoms with van der Waals surface area (Å²) in [6, 6.07) is 4.47. The molecule has 0 amide bonds. The first-order valence-electron chi connectivity index (χ1n) is 4.82. The largest absolute Gasteiger partial charge is 0.355 e. The number of rotatable bonds is 4. The van der Waals surface area contributed by atoms with Gasteiger partial charge in [-0.2, -0.15) is 0 Å². The molecule has 3 nitrogen and oxygen atoms in total. The molecule has 3 N–H and O–H groups in total. The zero-order valence-electron chi connectivity index (χ0n) is 8.97. The lowest BCUT2D eigenvalue weighted by molar-refractivity contribution is -0.500. The second-order valence-electron chi connectivity index (χ2n) is 3.05. The predicted molar refractivity (Wildman–Crippen MR) is 71.5 cm³/mol. The number of hydrogen-bond acceptors (Lipinski definition) is 1. The molecule has 6 heteroatoms. The quantitative estimate of drug-likeness (QED) is 0.324. The molecule has 0 aliphatic heterocycles. The maximum atomic E-state index is 13.3. The predicted octanol–water partition coefficient (Wildman–Crippen LogP) is 0.544. The van der Waals surface area contributed by atoms with Crippen LogP contribution in [0.5, 0.6) is 0 Å². The summed E-state index contributed by atoms with van der Waals surface area (Å²) in [7, 11) is 0. The Balaban J connectivity index is 2.59. The third-order valence-corrected chi connectivity index (χ3v) is 2.38. The van der Waals surface area contributed by atoms with Crippen LogP contribution >= 0.6 is 23.8 Å². The molecule has 0 unspecified atom stereocenters. The van der Waals surface area contributed by atoms with Gasteiger partial charge < -0.3 is 5.32 Å². The fourth-order valence-electron chi connectivity index (χ4n) is 1.03. The van der Waals surface area contributed by atoms with Gasteiger partial charge in [-0.15, -0.1) is 17.1 Å². The third-order valence-electron chi connectivity index (χ3n) is 1.81. The van der Waals surface area contributed by atoms with Gasteiger partial charge in [0, 0.05) is 6.54 Å². The summed E-state index contributed by atoms with van der Waals surface area (Å²) in [4.78, 5) is 0. The lowest BCUT2D eigenvalue weighted by atomic mass is 10.2. The summed E-state index contributed by atoms with van der Waals surface area (Å²) < 4.78 is 13.3. The normalized spacial score (nSPS) is 10.2. The van der Waals surface area contributed by atoms with Gasteiger partial charge in [-0.1, -0.05) is 23.7 Å². The fourth-order valence-corrected chi connectivity index (χ4v) is 1.39. The van der Waals surface area contributed by atoms with Gasteiger partial charge in [0.2, 0.25) is 11.3 Å². The zero-order chi connectivity index (χ0) is 12.7. The molecular formula is C11H12ClFN3S+. The van der Waals surface area contributed by atoms with Crippen molar-refractivity contribution in [2.45, 2.75) is 0 Å². The van der Waals surface area contributed by atoms with E-state index in [4.69, 9.17) is 23.8 Å². The highest BCUT2D eigenvalue weighted by molar-refractivity contribution is 7.80. The number of hydrazine groups is 1. The van der Waals surface area contributed by atoms with Gasteiger partial charge in [0.1, 0.15) is 5.82 Å². The van der Waals surface area contributed by atoms with E-state index in [-0.39, 0.29) is 5.56 Å². The van der Waals surface area contributed by atoms with Crippen molar-refractivity contribution in [3.8, 4) is 0 Å². The highest BCUT2D eigenvalue weighted by Crippen LogP contribution is 2.15. The second kappa shape index (κ2) is 6.98. The Morgan fingerprint density at radius 1 is 1.59 bits per heavy atom. The van der Waals surface area contributed by atoms with Gasteiger partial charge in [-0.3, -0.25) is 0 Å². The monoisotopic (exact) mass is 272 g/mol. The van der Waals surface area contributed by atoms with E-state index in [1.54, 1.807) is 18.2 Å². The van der Waals surface area contributed by atoms with Gasteiger partial charge >= 0.3 is 0 Å². The summed E-state index contributed by atoms with van der Waals surface area (Å²) in [6.45, 7) is 4.09. The van der Waals surface area contributed by atoms with Crippen molar-refractivity contribution in [1.82, 2.24) is 10.7 Å². The first-order valence-corrected chi connectivity index (χ1v) is 5.61. The molecule has 0 spiro atoms. The molecule has 0 heterocycles. The summed E-state index contributed by atoms with van der Waals surface area (Å²) >= 11 is 10.7. The van der Waals surface area contributed by atoms with Crippen LogP contribution in [0.15, 0.2) is 30.9 Å². The third kappa shape index (κ3) is 4.50. The first kappa shape index (κ1) is 13.6. The van der Waals surface area contributed by atoms with E-state index in [2.05, 4.69) is 22.4 Å². The highest BCUT2D eigenvalue weighted by atomic mass is 35.5. The molecule has 90 valence electrons. The molecule has 0 saturated heterocycles. The average molecular weight is 273 g/mol. The number of hydrogen-bond donors (Lipinski definition) is 3. The zero-order valence-corrected chi connectivity index (χ0v) is 10.5. The van der Waals surface area contributed by atoms with E-state index in [0.29, 0.717) is 16.7 Å². The van der Waals surface area contributed by atoms with Crippen LogP contribution in [-0.4, -0.2) is 17.9 Å². The molecule has 0 aliphatic rings. The van der Waals surface area contributed by atoms with Crippen LogP contribution in [0.1, 0.15) is 5.56 Å². The van der Waals surface area contributed by atoms with E-state index in [1.165, 1.54) is 12.3 Å². The Morgan fingerprint density at radius 3 is 3.00 bits per heavy atom. The van der Waals surface area contributed by atoms with Crippen molar-refractivity contribution in [2.24, 2.45) is 0 Å². The van der Waals surface area contributed by atoms with Crippen molar-refractivity contribution in [2.75, 3.05) is 6.54 Å². The van der Waals surface area contributed by atoms with Crippen molar-refractivity contribution in [1.29, 1.82) is 0 Å². The van der Waals surface area contributed by atoms with Crippen molar-refractivity contribution in [3.63, 3.8) is 0 Å². The lowest BCUT2D eigenvalue weighted by Gasteiger charge is -2.00. The average Bonchev–Trinajstić information content (AvgIpc) is 2.30. The molecule has 0 atom stereocenters. The summed E-state index contributed by atoms with van der Waals surface area (Å²) in [5, 5.41) is 6.20. The van der Waals surface area contributed by atoms with E-state index < -0.39 is 5.82 Å². The minimum Gasteiger partial charge on any atom is -0.355 e. The van der Waals surface area contributed by atoms with E-state index in [1.807, 2.05) is 0 Å². The van der Waals surface area contributed by atoms with E-state index >= 15 is 0 Å². The van der Waals surface area contributed by atoms with Crippen LogP contribution in [-0.2, 0) is 0 Å². The maximum absolute atomic E-state index is 13.3. The Bertz CT molecular complexity index is 428. The number of hydrazone groups is 1. The maximum Gasteiger partial charge on any atom is 0.224 e. The summed E-state index contributed by atoms with van der Waals surface area (Å²) in [5.41, 5.74) is 2.93. The molecule has 0 fully saturated rings. The smallest absolute Gasteiger partial charge is 0.224 e. The Kier molecular flexibility index (Phi) is 5.59. The number of benzene rings is 1. The van der Waals surface area contributed by atoms with Gasteiger partial charge in [0.25, 0.3) is 0 Å². The second-order valence-corrected chi connectivity index (χ2v) is 3.86. The Morgan fingerprint density at radius 2 is 2.35 bits per heavy atom. The lowest BCUT2D eigenvalue weighted by Crippen LogP contribution is -2.82. The topological polar surface area (TPSA) is 38.0 Å². The molecule has 0 saturated carbocycles. The van der Waals surface area contributed by atoms with Crippen molar-refractivity contribution in [3.05, 3.63) is 47.3 Å². The van der Waals surface area contributed by atoms with Crippen LogP contribution in [0.2, 0.25) is 5.02 Å². The van der Waals surface area contributed by atoms with Crippen LogP contribution in [0.3, 0.4) is 0 Å². The minimum atomic E-state index is -0.406. The first-order chi connectivity index (χ1) is 8.15. The summed E-state index contributed by atoms with van der Waals surface area (Å²) in [5.74, 6) is -0.406. The molecule has 1 aromatic carbocycles. The molecule has 0 aliphatic carbocycles. The van der Waals surface area contributed by atoms with E-state index in [0.717, 1.165) is 0 Å². The van der Waals surface area contributed by atoms with Crippen LogP contribution < -0.4 is 15.8 Å². The van der Waals surface area contributed by atoms with E-state index in [9.17, 15) is 4.39 Å². The van der Waals surface area contributed by atoms with Crippen LogP contribution in [0.25, 0.3) is 0 Å². The highest BCUT2D eigenvalue weighted by Gasteiger charge is 2.06. The standard InChI is InChI=1S/C11H11ClFN3S/c1-2-6-14-11(17)16-15-7-8-9(12)4-3-5-10(8)13/h2-5,7H,1,6H2,(H2,14,16,17)/p+1. The number of thiocarbonyl (C=S) groups is 1. The number of halogens is 2. The van der Waals surface area contributed by atoms with Crippen LogP contribution in [0.4, 0.5) is 4.39 Å². The molecule has 1 rings (SSSR count). The number of nitrogens with one attached hydrogen (secondary N) is 3. The molecular weight excluding hydrogens is 261 g/mol.